The lowest BCUT2D eigenvalue weighted by molar-refractivity contribution is -0.139. The highest BCUT2D eigenvalue weighted by Gasteiger charge is 2.46. The number of carbonyl (C=O) groups excluding carboxylic acids is 3. The molecule has 1 atom stereocenters. The third kappa shape index (κ3) is 4.27. The molecule has 4 rings (SSSR count). The van der Waals surface area contributed by atoms with Crippen LogP contribution >= 0.6 is 0 Å². The molecule has 0 bridgehead atoms. The molecule has 2 aromatic rings. The molecular formula is C27H27NO7. The van der Waals surface area contributed by atoms with Gasteiger partial charge in [-0.1, -0.05) is 12.1 Å². The van der Waals surface area contributed by atoms with Crippen LogP contribution in [0.2, 0.25) is 0 Å². The van der Waals surface area contributed by atoms with Crippen molar-refractivity contribution >= 4 is 23.4 Å². The van der Waals surface area contributed by atoms with Crippen molar-refractivity contribution in [2.24, 2.45) is 0 Å². The molecule has 2 aromatic carbocycles. The fourth-order valence-electron chi connectivity index (χ4n) is 4.71. The molecule has 35 heavy (non-hydrogen) atoms. The quantitative estimate of drug-likeness (QED) is 0.579. The fourth-order valence-corrected chi connectivity index (χ4v) is 4.71. The van der Waals surface area contributed by atoms with Crippen molar-refractivity contribution < 1.29 is 33.3 Å². The highest BCUT2D eigenvalue weighted by molar-refractivity contribution is 6.11. The van der Waals surface area contributed by atoms with Crippen LogP contribution in [0, 0.1) is 0 Å². The Hall–Kier alpha value is -4.07. The highest BCUT2D eigenvalue weighted by Crippen LogP contribution is 2.48. The number of anilines is 1. The van der Waals surface area contributed by atoms with Crippen LogP contribution in [0.15, 0.2) is 71.1 Å². The van der Waals surface area contributed by atoms with Crippen LogP contribution in [-0.2, 0) is 23.9 Å². The summed E-state index contributed by atoms with van der Waals surface area (Å²) in [5.41, 5.74) is 2.49. The molecule has 8 heteroatoms. The van der Waals surface area contributed by atoms with Crippen molar-refractivity contribution in [3.63, 3.8) is 0 Å². The molecule has 1 aliphatic carbocycles. The van der Waals surface area contributed by atoms with Crippen LogP contribution in [0.4, 0.5) is 5.69 Å². The molecule has 8 nitrogen and oxygen atoms in total. The maximum absolute atomic E-state index is 13.4. The normalized spacial score (nSPS) is 17.7. The lowest BCUT2D eigenvalue weighted by Gasteiger charge is -2.40. The summed E-state index contributed by atoms with van der Waals surface area (Å²) in [6, 6.07) is 14.1. The second-order valence-electron chi connectivity index (χ2n) is 8.12. The molecule has 0 radical (unpaired) electrons. The maximum Gasteiger partial charge on any atom is 0.355 e. The number of hydrogen-bond donors (Lipinski definition) is 0. The Morgan fingerprint density at radius 1 is 0.800 bits per heavy atom. The largest absolute Gasteiger partial charge is 0.497 e. The van der Waals surface area contributed by atoms with Crippen LogP contribution in [0.1, 0.15) is 30.7 Å². The van der Waals surface area contributed by atoms with Crippen LogP contribution in [0.25, 0.3) is 0 Å². The second-order valence-corrected chi connectivity index (χ2v) is 8.12. The minimum atomic E-state index is -0.792. The zero-order valence-corrected chi connectivity index (χ0v) is 20.1. The fraction of sp³-hybridized carbons (Fsp3) is 0.296. The molecule has 0 aromatic heterocycles. The van der Waals surface area contributed by atoms with Crippen molar-refractivity contribution in [1.29, 1.82) is 0 Å². The van der Waals surface area contributed by atoms with Gasteiger partial charge in [-0.05, 0) is 54.8 Å². The van der Waals surface area contributed by atoms with Crippen molar-refractivity contribution in [3.05, 3.63) is 76.6 Å². The number of methoxy groups -OCH3 is 4. The first-order valence-corrected chi connectivity index (χ1v) is 11.2. The smallest absolute Gasteiger partial charge is 0.355 e. The van der Waals surface area contributed by atoms with E-state index in [1.54, 1.807) is 67.7 Å². The molecule has 0 fully saturated rings. The third-order valence-corrected chi connectivity index (χ3v) is 6.32. The summed E-state index contributed by atoms with van der Waals surface area (Å²) in [5, 5.41) is 0. The van der Waals surface area contributed by atoms with Crippen molar-refractivity contribution in [1.82, 2.24) is 0 Å². The molecule has 1 unspecified atom stereocenters. The molecule has 0 saturated heterocycles. The first-order chi connectivity index (χ1) is 16.9. The first-order valence-electron chi connectivity index (χ1n) is 11.2. The predicted molar refractivity (Wildman–Crippen MR) is 128 cm³/mol. The average Bonchev–Trinajstić information content (AvgIpc) is 2.91. The summed E-state index contributed by atoms with van der Waals surface area (Å²) in [6.07, 6.45) is 1.53. The van der Waals surface area contributed by atoms with E-state index in [1.807, 2.05) is 0 Å². The predicted octanol–water partition coefficient (Wildman–Crippen LogP) is 3.91. The molecule has 1 heterocycles. The van der Waals surface area contributed by atoms with Crippen molar-refractivity contribution in [2.45, 2.75) is 25.2 Å². The van der Waals surface area contributed by atoms with Crippen molar-refractivity contribution in [2.75, 3.05) is 33.3 Å². The Morgan fingerprint density at radius 2 is 1.37 bits per heavy atom. The number of Topliss-reactive ketones (excluding diaryl/α,β-unsaturated/α-hetero) is 1. The van der Waals surface area contributed by atoms with E-state index in [9.17, 15) is 14.4 Å². The molecular weight excluding hydrogens is 450 g/mol. The summed E-state index contributed by atoms with van der Waals surface area (Å²) in [7, 11) is 5.63. The Bertz CT molecular complexity index is 1210. The summed E-state index contributed by atoms with van der Waals surface area (Å²) in [4.78, 5) is 41.6. The second kappa shape index (κ2) is 10.0. The number of carbonyl (C=O) groups is 3. The number of rotatable bonds is 6. The van der Waals surface area contributed by atoms with Gasteiger partial charge in [-0.15, -0.1) is 0 Å². The Balaban J connectivity index is 2.05. The summed E-state index contributed by atoms with van der Waals surface area (Å²) in [6.45, 7) is 0. The van der Waals surface area contributed by atoms with E-state index in [1.165, 1.54) is 14.2 Å². The van der Waals surface area contributed by atoms with Crippen LogP contribution in [0.3, 0.4) is 0 Å². The molecule has 0 saturated carbocycles. The number of ketones is 1. The van der Waals surface area contributed by atoms with Gasteiger partial charge in [0.25, 0.3) is 0 Å². The number of allylic oxidation sites excluding steroid dienone is 2. The van der Waals surface area contributed by atoms with Gasteiger partial charge in [0.05, 0.1) is 34.0 Å². The first kappa shape index (κ1) is 24.1. The van der Waals surface area contributed by atoms with Gasteiger partial charge in [-0.25, -0.2) is 9.59 Å². The van der Waals surface area contributed by atoms with Crippen molar-refractivity contribution in [3.8, 4) is 11.5 Å². The zero-order chi connectivity index (χ0) is 25.1. The van der Waals surface area contributed by atoms with E-state index < -0.39 is 17.9 Å². The van der Waals surface area contributed by atoms with Gasteiger partial charge >= 0.3 is 11.9 Å². The molecule has 0 amide bonds. The van der Waals surface area contributed by atoms with Crippen LogP contribution in [-0.4, -0.2) is 46.2 Å². The minimum absolute atomic E-state index is 0.0267. The van der Waals surface area contributed by atoms with Gasteiger partial charge in [0.2, 0.25) is 0 Å². The highest BCUT2D eigenvalue weighted by atomic mass is 16.5. The Labute approximate surface area is 203 Å². The Morgan fingerprint density at radius 3 is 1.91 bits per heavy atom. The lowest BCUT2D eigenvalue weighted by Crippen LogP contribution is -2.41. The standard InChI is InChI=1S/C27H27NO7/c1-32-18-12-8-16(9-13-18)22-23-20(6-5-7-21(23)29)28(17-10-14-19(33-2)15-11-17)25(27(31)35-4)24(22)26(30)34-3/h8-15,22H,5-7H2,1-4H3. The van der Waals surface area contributed by atoms with Gasteiger partial charge in [0.1, 0.15) is 17.2 Å². The van der Waals surface area contributed by atoms with Gasteiger partial charge in [0.15, 0.2) is 5.78 Å². The lowest BCUT2D eigenvalue weighted by atomic mass is 9.74. The molecule has 0 N–H and O–H groups in total. The van der Waals surface area contributed by atoms with E-state index in [2.05, 4.69) is 0 Å². The van der Waals surface area contributed by atoms with E-state index in [0.717, 1.165) is 0 Å². The summed E-state index contributed by atoms with van der Waals surface area (Å²) < 4.78 is 20.8. The van der Waals surface area contributed by atoms with E-state index >= 15 is 0 Å². The number of hydrogen-bond acceptors (Lipinski definition) is 8. The van der Waals surface area contributed by atoms with Gasteiger partial charge in [-0.2, -0.15) is 0 Å². The SMILES string of the molecule is COC(=O)C1=C(C(=O)OC)N(c2ccc(OC)cc2)C2=C(C(=O)CCC2)C1c1ccc(OC)cc1. The maximum atomic E-state index is 13.4. The van der Waals surface area contributed by atoms with Gasteiger partial charge < -0.3 is 23.8 Å². The number of ether oxygens (including phenoxy) is 4. The van der Waals surface area contributed by atoms with Gasteiger partial charge in [-0.3, -0.25) is 4.79 Å². The average molecular weight is 478 g/mol. The molecule has 0 spiro atoms. The molecule has 1 aliphatic heterocycles. The van der Waals surface area contributed by atoms with E-state index in [0.29, 0.717) is 53.3 Å². The minimum Gasteiger partial charge on any atom is -0.497 e. The number of esters is 2. The van der Waals surface area contributed by atoms with Gasteiger partial charge in [0, 0.05) is 29.3 Å². The number of benzene rings is 2. The number of nitrogens with zero attached hydrogens (tertiary/aromatic N) is 1. The van der Waals surface area contributed by atoms with E-state index in [4.69, 9.17) is 18.9 Å². The third-order valence-electron chi connectivity index (χ3n) is 6.32. The van der Waals surface area contributed by atoms with Crippen LogP contribution < -0.4 is 14.4 Å². The van der Waals surface area contributed by atoms with Crippen LogP contribution in [0.5, 0.6) is 11.5 Å². The summed E-state index contributed by atoms with van der Waals surface area (Å²) >= 11 is 0. The Kier molecular flexibility index (Phi) is 6.91. The zero-order valence-electron chi connectivity index (χ0n) is 20.1. The van der Waals surface area contributed by atoms with E-state index in [-0.39, 0.29) is 17.1 Å². The topological polar surface area (TPSA) is 91.4 Å². The molecule has 2 aliphatic rings. The monoisotopic (exact) mass is 477 g/mol. The molecule has 182 valence electrons. The summed E-state index contributed by atoms with van der Waals surface area (Å²) in [5.74, 6) is -1.02.